The molecule has 0 spiro atoms. The van der Waals surface area contributed by atoms with Crippen molar-refractivity contribution in [3.8, 4) is 5.06 Å². The fraction of sp³-hybridized carbons (Fsp3) is 0.400. The standard InChI is InChI=1S/C15H17NO2S/c17-14-11-6-2-3-7-13(11)19-15(18)12(14)10-16-8-4-1-5-9-16/h2-3,6-7,18H,1,4-5,8-10H2. The van der Waals surface area contributed by atoms with Crippen LogP contribution < -0.4 is 5.43 Å². The van der Waals surface area contributed by atoms with Gasteiger partial charge in [0.25, 0.3) is 0 Å². The predicted molar refractivity (Wildman–Crippen MR) is 78.9 cm³/mol. The number of piperidine rings is 1. The minimum Gasteiger partial charge on any atom is -0.499 e. The number of hydrogen-bond acceptors (Lipinski definition) is 4. The van der Waals surface area contributed by atoms with Gasteiger partial charge in [0.05, 0.1) is 5.56 Å². The van der Waals surface area contributed by atoms with Gasteiger partial charge in [0.15, 0.2) is 10.5 Å². The van der Waals surface area contributed by atoms with Crippen LogP contribution in [-0.2, 0) is 6.54 Å². The molecule has 1 aliphatic rings. The summed E-state index contributed by atoms with van der Waals surface area (Å²) >= 11 is 1.30. The summed E-state index contributed by atoms with van der Waals surface area (Å²) in [5, 5.41) is 11.0. The lowest BCUT2D eigenvalue weighted by atomic mass is 10.1. The predicted octanol–water partition coefficient (Wildman–Crippen LogP) is 2.95. The molecule has 1 aromatic carbocycles. The van der Waals surface area contributed by atoms with Crippen LogP contribution in [0.3, 0.4) is 0 Å². The number of aromatic hydroxyl groups is 1. The van der Waals surface area contributed by atoms with Gasteiger partial charge in [-0.3, -0.25) is 9.69 Å². The van der Waals surface area contributed by atoms with Crippen LogP contribution >= 0.6 is 11.3 Å². The van der Waals surface area contributed by atoms with E-state index in [0.717, 1.165) is 23.2 Å². The Hall–Kier alpha value is -1.39. The topological polar surface area (TPSA) is 40.5 Å². The number of nitrogens with zero attached hydrogens (tertiary/aromatic N) is 1. The number of benzene rings is 1. The molecule has 19 heavy (non-hydrogen) atoms. The Bertz CT molecular complexity index is 644. The summed E-state index contributed by atoms with van der Waals surface area (Å²) in [5.74, 6) is 0. The fourth-order valence-corrected chi connectivity index (χ4v) is 3.56. The average Bonchev–Trinajstić information content (AvgIpc) is 2.45. The fourth-order valence-electron chi connectivity index (χ4n) is 2.65. The molecule has 4 heteroatoms. The highest BCUT2D eigenvalue weighted by Crippen LogP contribution is 2.28. The van der Waals surface area contributed by atoms with Crippen LogP contribution in [0.5, 0.6) is 5.06 Å². The number of likely N-dealkylation sites (tertiary alicyclic amines) is 1. The van der Waals surface area contributed by atoms with Crippen molar-refractivity contribution in [2.45, 2.75) is 25.8 Å². The lowest BCUT2D eigenvalue weighted by molar-refractivity contribution is 0.218. The zero-order valence-corrected chi connectivity index (χ0v) is 11.6. The molecule has 100 valence electrons. The van der Waals surface area contributed by atoms with Crippen LogP contribution in [0.2, 0.25) is 0 Å². The Morgan fingerprint density at radius 2 is 1.89 bits per heavy atom. The highest BCUT2D eigenvalue weighted by Gasteiger charge is 2.17. The van der Waals surface area contributed by atoms with Gasteiger partial charge in [-0.05, 0) is 38.1 Å². The Kier molecular flexibility index (Phi) is 3.53. The normalized spacial score (nSPS) is 16.8. The molecule has 1 N–H and O–H groups in total. The second-order valence-electron chi connectivity index (χ2n) is 5.05. The largest absolute Gasteiger partial charge is 0.499 e. The third kappa shape index (κ3) is 2.51. The van der Waals surface area contributed by atoms with Crippen LogP contribution in [0.15, 0.2) is 29.1 Å². The van der Waals surface area contributed by atoms with Gasteiger partial charge in [-0.15, -0.1) is 0 Å². The van der Waals surface area contributed by atoms with Crippen molar-refractivity contribution in [1.82, 2.24) is 4.90 Å². The van der Waals surface area contributed by atoms with Gasteiger partial charge >= 0.3 is 0 Å². The van der Waals surface area contributed by atoms with Crippen molar-refractivity contribution < 1.29 is 5.11 Å². The van der Waals surface area contributed by atoms with Crippen molar-refractivity contribution in [3.63, 3.8) is 0 Å². The summed E-state index contributed by atoms with van der Waals surface area (Å²) in [5.41, 5.74) is 0.544. The van der Waals surface area contributed by atoms with Gasteiger partial charge in [0.1, 0.15) is 0 Å². The first-order valence-electron chi connectivity index (χ1n) is 6.72. The quantitative estimate of drug-likeness (QED) is 0.916. The molecule has 1 saturated heterocycles. The third-order valence-electron chi connectivity index (χ3n) is 3.70. The zero-order chi connectivity index (χ0) is 13.2. The molecule has 2 heterocycles. The number of rotatable bonds is 2. The van der Waals surface area contributed by atoms with Gasteiger partial charge < -0.3 is 5.11 Å². The molecule has 0 unspecified atom stereocenters. The summed E-state index contributed by atoms with van der Waals surface area (Å²) in [6.45, 7) is 2.62. The van der Waals surface area contributed by atoms with E-state index >= 15 is 0 Å². The highest BCUT2D eigenvalue weighted by molar-refractivity contribution is 7.20. The molecule has 3 nitrogen and oxygen atoms in total. The minimum atomic E-state index is -0.0163. The van der Waals surface area contributed by atoms with E-state index in [1.807, 2.05) is 24.3 Å². The molecule has 0 amide bonds. The number of hydrogen-bond donors (Lipinski definition) is 1. The van der Waals surface area contributed by atoms with Gasteiger partial charge in [-0.2, -0.15) is 0 Å². The molecule has 1 aliphatic heterocycles. The Morgan fingerprint density at radius 3 is 2.68 bits per heavy atom. The van der Waals surface area contributed by atoms with Crippen molar-refractivity contribution in [2.24, 2.45) is 0 Å². The maximum absolute atomic E-state index is 12.4. The summed E-state index contributed by atoms with van der Waals surface area (Å²) in [6, 6.07) is 7.49. The molecule has 1 fully saturated rings. The first-order chi connectivity index (χ1) is 9.25. The maximum atomic E-state index is 12.4. The molecular weight excluding hydrogens is 258 g/mol. The third-order valence-corrected chi connectivity index (χ3v) is 4.72. The Labute approximate surface area is 116 Å². The first-order valence-corrected chi connectivity index (χ1v) is 7.53. The zero-order valence-electron chi connectivity index (χ0n) is 10.8. The van der Waals surface area contributed by atoms with Crippen LogP contribution in [-0.4, -0.2) is 23.1 Å². The lowest BCUT2D eigenvalue weighted by Gasteiger charge is -2.26. The molecule has 1 aromatic heterocycles. The molecule has 3 rings (SSSR count). The lowest BCUT2D eigenvalue weighted by Crippen LogP contribution is -2.31. The van der Waals surface area contributed by atoms with Crippen LogP contribution in [0, 0.1) is 0 Å². The smallest absolute Gasteiger partial charge is 0.196 e. The van der Waals surface area contributed by atoms with Gasteiger partial charge in [0.2, 0.25) is 0 Å². The molecular formula is C15H17NO2S. The van der Waals surface area contributed by atoms with E-state index in [-0.39, 0.29) is 10.5 Å². The molecule has 0 saturated carbocycles. The molecule has 0 atom stereocenters. The summed E-state index contributed by atoms with van der Waals surface area (Å²) in [4.78, 5) is 14.7. The van der Waals surface area contributed by atoms with Crippen molar-refractivity contribution in [1.29, 1.82) is 0 Å². The number of fused-ring (bicyclic) bond motifs is 1. The second-order valence-corrected chi connectivity index (χ2v) is 6.08. The van der Waals surface area contributed by atoms with Crippen LogP contribution in [0.1, 0.15) is 24.8 Å². The summed E-state index contributed by atoms with van der Waals surface area (Å²) < 4.78 is 0.854. The molecule has 0 bridgehead atoms. The van der Waals surface area contributed by atoms with Crippen molar-refractivity contribution >= 4 is 21.4 Å². The van der Waals surface area contributed by atoms with Crippen LogP contribution in [0.4, 0.5) is 0 Å². The van der Waals surface area contributed by atoms with E-state index in [4.69, 9.17) is 0 Å². The summed E-state index contributed by atoms with van der Waals surface area (Å²) in [6.07, 6.45) is 3.64. The minimum absolute atomic E-state index is 0.0163. The van der Waals surface area contributed by atoms with E-state index in [9.17, 15) is 9.90 Å². The first kappa shape index (κ1) is 12.6. The van der Waals surface area contributed by atoms with E-state index < -0.39 is 0 Å². The molecule has 0 aliphatic carbocycles. The average molecular weight is 275 g/mol. The van der Waals surface area contributed by atoms with E-state index in [2.05, 4.69) is 4.90 Å². The van der Waals surface area contributed by atoms with Crippen LogP contribution in [0.25, 0.3) is 10.1 Å². The monoisotopic (exact) mass is 275 g/mol. The van der Waals surface area contributed by atoms with Gasteiger partial charge in [-0.25, -0.2) is 0 Å². The van der Waals surface area contributed by atoms with Crippen molar-refractivity contribution in [2.75, 3.05) is 13.1 Å². The Morgan fingerprint density at radius 1 is 1.16 bits per heavy atom. The van der Waals surface area contributed by atoms with Crippen molar-refractivity contribution in [3.05, 3.63) is 40.1 Å². The van der Waals surface area contributed by atoms with E-state index in [1.165, 1.54) is 30.6 Å². The van der Waals surface area contributed by atoms with Gasteiger partial charge in [-0.1, -0.05) is 29.9 Å². The SMILES string of the molecule is O=c1c(CN2CCCCC2)c(O)sc2ccccc12. The van der Waals surface area contributed by atoms with E-state index in [0.29, 0.717) is 12.1 Å². The van der Waals surface area contributed by atoms with Gasteiger partial charge in [0, 0.05) is 16.6 Å². The second kappa shape index (κ2) is 5.31. The Balaban J connectivity index is 2.00. The molecule has 0 radical (unpaired) electrons. The molecule has 2 aromatic rings. The highest BCUT2D eigenvalue weighted by atomic mass is 32.1. The van der Waals surface area contributed by atoms with E-state index in [1.54, 1.807) is 0 Å². The maximum Gasteiger partial charge on any atom is 0.196 e. The summed E-state index contributed by atoms with van der Waals surface area (Å²) in [7, 11) is 0.